The second-order valence-electron chi connectivity index (χ2n) is 4.33. The molecule has 2 N–H and O–H groups in total. The van der Waals surface area contributed by atoms with Crippen LogP contribution < -0.4 is 10.7 Å². The second kappa shape index (κ2) is 6.14. The topological polar surface area (TPSA) is 102 Å². The van der Waals surface area contributed by atoms with E-state index in [1.807, 2.05) is 0 Å². The number of nitrogens with zero attached hydrogens (tertiary/aromatic N) is 1. The number of hydrogen-bond donors (Lipinski definition) is 2. The largest absolute Gasteiger partial charge is 0.462 e. The third-order valence-electron chi connectivity index (χ3n) is 2.87. The molecule has 1 amide bonds. The van der Waals surface area contributed by atoms with Gasteiger partial charge in [-0.25, -0.2) is 10.2 Å². The minimum Gasteiger partial charge on any atom is -0.462 e. The standard InChI is InChI=1S/C13H13N3O5S/c1-2-19-13(18)9(12-14-8(17)6-22-12)11-16-15-10(21-11)7-4-3-5-20-7/h3-5,12,16H,2,6H2,1H3,(H,14,17)/b11-9-. The molecular formula is C13H13N3O5S. The van der Waals surface area contributed by atoms with Crippen LogP contribution in [0.25, 0.3) is 0 Å². The molecule has 1 saturated heterocycles. The molecule has 116 valence electrons. The van der Waals surface area contributed by atoms with Gasteiger partial charge in [0.15, 0.2) is 5.76 Å². The highest BCUT2D eigenvalue weighted by Gasteiger charge is 2.36. The van der Waals surface area contributed by atoms with Crippen molar-refractivity contribution in [3.05, 3.63) is 35.6 Å². The van der Waals surface area contributed by atoms with Crippen molar-refractivity contribution in [2.75, 3.05) is 12.4 Å². The molecule has 0 spiro atoms. The highest BCUT2D eigenvalue weighted by atomic mass is 32.2. The van der Waals surface area contributed by atoms with Crippen LogP contribution in [0.3, 0.4) is 0 Å². The fourth-order valence-corrected chi connectivity index (χ4v) is 2.92. The van der Waals surface area contributed by atoms with E-state index in [2.05, 4.69) is 15.8 Å². The number of hydrogen-bond acceptors (Lipinski definition) is 8. The fourth-order valence-electron chi connectivity index (χ4n) is 1.94. The Morgan fingerprint density at radius 1 is 1.59 bits per heavy atom. The third-order valence-corrected chi connectivity index (χ3v) is 3.98. The minimum atomic E-state index is -0.569. The van der Waals surface area contributed by atoms with Gasteiger partial charge in [-0.2, -0.15) is 0 Å². The summed E-state index contributed by atoms with van der Waals surface area (Å²) in [5.74, 6) is 0.310. The molecule has 1 aromatic heterocycles. The molecule has 22 heavy (non-hydrogen) atoms. The fraction of sp³-hybridized carbons (Fsp3) is 0.308. The van der Waals surface area contributed by atoms with Gasteiger partial charge < -0.3 is 19.2 Å². The molecule has 0 bridgehead atoms. The molecule has 2 aliphatic heterocycles. The molecule has 9 heteroatoms. The molecule has 3 heterocycles. The summed E-state index contributed by atoms with van der Waals surface area (Å²) < 4.78 is 15.8. The average Bonchev–Trinajstić information content (AvgIpc) is 3.20. The summed E-state index contributed by atoms with van der Waals surface area (Å²) in [4.78, 5) is 23.6. The number of esters is 1. The Morgan fingerprint density at radius 2 is 2.45 bits per heavy atom. The average molecular weight is 323 g/mol. The monoisotopic (exact) mass is 323 g/mol. The number of nitrogens with one attached hydrogen (secondary N) is 2. The molecule has 8 nitrogen and oxygen atoms in total. The van der Waals surface area contributed by atoms with E-state index in [1.165, 1.54) is 18.0 Å². The van der Waals surface area contributed by atoms with Crippen LogP contribution >= 0.6 is 11.8 Å². The van der Waals surface area contributed by atoms with Gasteiger partial charge in [-0.15, -0.1) is 16.9 Å². The Hall–Kier alpha value is -2.42. The SMILES string of the molecule is CCOC(=O)/C(=C1/NN=C(c2ccco2)O1)C1NC(=O)CS1. The summed E-state index contributed by atoms with van der Waals surface area (Å²) in [6, 6.07) is 3.38. The first-order chi connectivity index (χ1) is 10.7. The summed E-state index contributed by atoms with van der Waals surface area (Å²) in [5.41, 5.74) is 2.83. The number of furan rings is 1. The molecule has 1 aromatic rings. The van der Waals surface area contributed by atoms with Crippen LogP contribution in [-0.2, 0) is 19.1 Å². The molecule has 0 aromatic carbocycles. The van der Waals surface area contributed by atoms with Crippen LogP contribution in [0.5, 0.6) is 0 Å². The van der Waals surface area contributed by atoms with Crippen molar-refractivity contribution in [2.45, 2.75) is 12.3 Å². The molecule has 0 radical (unpaired) electrons. The molecule has 1 unspecified atom stereocenters. The summed E-state index contributed by atoms with van der Waals surface area (Å²) >= 11 is 1.28. The van der Waals surface area contributed by atoms with Crippen molar-refractivity contribution in [2.24, 2.45) is 5.10 Å². The maximum atomic E-state index is 12.2. The Labute approximate surface area is 129 Å². The van der Waals surface area contributed by atoms with Gasteiger partial charge in [-0.05, 0) is 19.1 Å². The van der Waals surface area contributed by atoms with Crippen molar-refractivity contribution in [3.63, 3.8) is 0 Å². The number of carbonyl (C=O) groups is 2. The van der Waals surface area contributed by atoms with Gasteiger partial charge in [-0.3, -0.25) is 4.79 Å². The summed E-state index contributed by atoms with van der Waals surface area (Å²) in [6.07, 6.45) is 1.49. The highest BCUT2D eigenvalue weighted by molar-refractivity contribution is 8.01. The second-order valence-corrected chi connectivity index (χ2v) is 5.42. The maximum Gasteiger partial charge on any atom is 0.342 e. The lowest BCUT2D eigenvalue weighted by molar-refractivity contribution is -0.138. The van der Waals surface area contributed by atoms with E-state index in [-0.39, 0.29) is 35.6 Å². The summed E-state index contributed by atoms with van der Waals surface area (Å²) in [5, 5.41) is 6.13. The molecule has 2 aliphatic rings. The Bertz CT molecular complexity index is 653. The van der Waals surface area contributed by atoms with Crippen molar-refractivity contribution < 1.29 is 23.5 Å². The third kappa shape index (κ3) is 2.80. The minimum absolute atomic E-state index is 0.129. The number of carbonyl (C=O) groups excluding carboxylic acids is 2. The molecular weight excluding hydrogens is 310 g/mol. The lowest BCUT2D eigenvalue weighted by Crippen LogP contribution is -2.32. The lowest BCUT2D eigenvalue weighted by Gasteiger charge is -2.14. The summed E-state index contributed by atoms with van der Waals surface area (Å²) in [7, 11) is 0. The Kier molecular flexibility index (Phi) is 4.05. The van der Waals surface area contributed by atoms with Crippen LogP contribution in [0.2, 0.25) is 0 Å². The van der Waals surface area contributed by atoms with Gasteiger partial charge in [-0.1, -0.05) is 0 Å². The van der Waals surface area contributed by atoms with E-state index >= 15 is 0 Å². The van der Waals surface area contributed by atoms with Gasteiger partial charge in [0.2, 0.25) is 11.8 Å². The Morgan fingerprint density at radius 3 is 3.09 bits per heavy atom. The van der Waals surface area contributed by atoms with E-state index in [1.54, 1.807) is 19.1 Å². The van der Waals surface area contributed by atoms with Gasteiger partial charge in [0.05, 0.1) is 18.6 Å². The van der Waals surface area contributed by atoms with E-state index in [4.69, 9.17) is 13.9 Å². The van der Waals surface area contributed by atoms with Crippen molar-refractivity contribution in [3.8, 4) is 0 Å². The molecule has 0 saturated carbocycles. The first-order valence-corrected chi connectivity index (χ1v) is 7.61. The Balaban J connectivity index is 1.86. The first kappa shape index (κ1) is 14.5. The normalized spacial score (nSPS) is 22.5. The van der Waals surface area contributed by atoms with Crippen LogP contribution in [0.15, 0.2) is 39.4 Å². The molecule has 1 fully saturated rings. The number of hydrazone groups is 1. The zero-order valence-corrected chi connectivity index (χ0v) is 12.4. The van der Waals surface area contributed by atoms with E-state index in [0.717, 1.165) is 0 Å². The number of rotatable bonds is 4. The van der Waals surface area contributed by atoms with Gasteiger partial charge in [0.1, 0.15) is 10.9 Å². The van der Waals surface area contributed by atoms with Crippen molar-refractivity contribution in [1.29, 1.82) is 0 Å². The summed E-state index contributed by atoms with van der Waals surface area (Å²) in [6.45, 7) is 1.92. The zero-order valence-electron chi connectivity index (χ0n) is 11.6. The zero-order chi connectivity index (χ0) is 15.5. The van der Waals surface area contributed by atoms with Gasteiger partial charge in [0.25, 0.3) is 5.90 Å². The molecule has 3 rings (SSSR count). The lowest BCUT2D eigenvalue weighted by atomic mass is 10.2. The van der Waals surface area contributed by atoms with Crippen LogP contribution in [-0.4, -0.2) is 35.5 Å². The predicted octanol–water partition coefficient (Wildman–Crippen LogP) is 0.525. The molecule has 1 atom stereocenters. The number of amides is 1. The predicted molar refractivity (Wildman–Crippen MR) is 77.5 cm³/mol. The van der Waals surface area contributed by atoms with Crippen LogP contribution in [0.1, 0.15) is 12.7 Å². The van der Waals surface area contributed by atoms with Gasteiger partial charge >= 0.3 is 5.97 Å². The van der Waals surface area contributed by atoms with E-state index < -0.39 is 11.3 Å². The van der Waals surface area contributed by atoms with Crippen molar-refractivity contribution in [1.82, 2.24) is 10.7 Å². The molecule has 0 aliphatic carbocycles. The van der Waals surface area contributed by atoms with Crippen molar-refractivity contribution >= 4 is 29.5 Å². The quantitative estimate of drug-likeness (QED) is 0.615. The maximum absolute atomic E-state index is 12.2. The van der Waals surface area contributed by atoms with E-state index in [9.17, 15) is 9.59 Å². The van der Waals surface area contributed by atoms with Gasteiger partial charge in [0, 0.05) is 0 Å². The highest BCUT2D eigenvalue weighted by Crippen LogP contribution is 2.27. The van der Waals surface area contributed by atoms with Crippen LogP contribution in [0, 0.1) is 0 Å². The smallest absolute Gasteiger partial charge is 0.342 e. The first-order valence-electron chi connectivity index (χ1n) is 6.56. The number of thioether (sulfide) groups is 1. The van der Waals surface area contributed by atoms with E-state index in [0.29, 0.717) is 5.76 Å². The number of ether oxygens (including phenoxy) is 2. The van der Waals surface area contributed by atoms with Crippen LogP contribution in [0.4, 0.5) is 0 Å².